The Kier molecular flexibility index (Phi) is 2.41. The maximum atomic E-state index is 12.6. The van der Waals surface area contributed by atoms with Gasteiger partial charge in [-0.1, -0.05) is 11.3 Å². The van der Waals surface area contributed by atoms with E-state index in [0.29, 0.717) is 0 Å². The standard InChI is InChI=1S/C9H8FN3S/c1-11-9-13-12-8(14-9)6-2-4-7(10)5-3-6/h2-5H,1H3,(H,11,13). The number of hydrogen-bond donors (Lipinski definition) is 1. The molecule has 1 aromatic carbocycles. The molecular weight excluding hydrogens is 201 g/mol. The van der Waals surface area contributed by atoms with E-state index in [4.69, 9.17) is 0 Å². The van der Waals surface area contributed by atoms with E-state index in [1.165, 1.54) is 23.5 Å². The Hall–Kier alpha value is -1.49. The first-order valence-electron chi connectivity index (χ1n) is 4.07. The monoisotopic (exact) mass is 209 g/mol. The number of nitrogens with one attached hydrogen (secondary N) is 1. The van der Waals surface area contributed by atoms with Gasteiger partial charge in [0.05, 0.1) is 0 Å². The lowest BCUT2D eigenvalue weighted by molar-refractivity contribution is 0.628. The quantitative estimate of drug-likeness (QED) is 0.825. The molecule has 0 spiro atoms. The Morgan fingerprint density at radius 3 is 2.50 bits per heavy atom. The topological polar surface area (TPSA) is 37.8 Å². The number of nitrogens with zero attached hydrogens (tertiary/aromatic N) is 2. The fourth-order valence-electron chi connectivity index (χ4n) is 1.03. The van der Waals surface area contributed by atoms with Gasteiger partial charge in [0.1, 0.15) is 10.8 Å². The Bertz CT molecular complexity index is 424. The van der Waals surface area contributed by atoms with Crippen LogP contribution in [0.25, 0.3) is 10.6 Å². The highest BCUT2D eigenvalue weighted by Crippen LogP contribution is 2.25. The van der Waals surface area contributed by atoms with Gasteiger partial charge in [-0.15, -0.1) is 10.2 Å². The second-order valence-corrected chi connectivity index (χ2v) is 3.65. The average Bonchev–Trinajstić information content (AvgIpc) is 2.67. The van der Waals surface area contributed by atoms with Gasteiger partial charge in [-0.3, -0.25) is 0 Å². The lowest BCUT2D eigenvalue weighted by Gasteiger charge is -1.93. The summed E-state index contributed by atoms with van der Waals surface area (Å²) in [7, 11) is 1.79. The molecule has 0 fully saturated rings. The molecule has 1 heterocycles. The number of anilines is 1. The Labute approximate surface area is 84.6 Å². The van der Waals surface area contributed by atoms with Crippen molar-refractivity contribution in [3.63, 3.8) is 0 Å². The normalized spacial score (nSPS) is 10.1. The molecule has 0 aliphatic carbocycles. The molecule has 0 atom stereocenters. The summed E-state index contributed by atoms with van der Waals surface area (Å²) in [4.78, 5) is 0. The molecule has 2 rings (SSSR count). The number of benzene rings is 1. The first kappa shape index (κ1) is 9.08. The van der Waals surface area contributed by atoms with Crippen molar-refractivity contribution in [1.82, 2.24) is 10.2 Å². The third-order valence-electron chi connectivity index (χ3n) is 1.73. The van der Waals surface area contributed by atoms with Crippen LogP contribution in [-0.4, -0.2) is 17.2 Å². The number of aromatic nitrogens is 2. The molecule has 1 aromatic heterocycles. The van der Waals surface area contributed by atoms with Crippen LogP contribution < -0.4 is 5.32 Å². The first-order valence-corrected chi connectivity index (χ1v) is 4.88. The summed E-state index contributed by atoms with van der Waals surface area (Å²) in [5, 5.41) is 12.3. The van der Waals surface area contributed by atoms with Crippen LogP contribution in [0.2, 0.25) is 0 Å². The second kappa shape index (κ2) is 3.71. The second-order valence-electron chi connectivity index (χ2n) is 2.67. The molecule has 0 aliphatic rings. The van der Waals surface area contributed by atoms with E-state index in [2.05, 4.69) is 15.5 Å². The summed E-state index contributed by atoms with van der Waals surface area (Å²) >= 11 is 1.44. The van der Waals surface area contributed by atoms with Crippen LogP contribution in [0, 0.1) is 5.82 Å². The summed E-state index contributed by atoms with van der Waals surface area (Å²) in [6, 6.07) is 6.20. The van der Waals surface area contributed by atoms with Crippen molar-refractivity contribution in [2.45, 2.75) is 0 Å². The minimum absolute atomic E-state index is 0.243. The summed E-state index contributed by atoms with van der Waals surface area (Å²) < 4.78 is 12.6. The molecule has 2 aromatic rings. The smallest absolute Gasteiger partial charge is 0.205 e. The van der Waals surface area contributed by atoms with Crippen LogP contribution in [0.1, 0.15) is 0 Å². The van der Waals surface area contributed by atoms with Gasteiger partial charge < -0.3 is 5.32 Å². The predicted octanol–water partition coefficient (Wildman–Crippen LogP) is 2.39. The molecule has 72 valence electrons. The van der Waals surface area contributed by atoms with Crippen LogP contribution in [0.4, 0.5) is 9.52 Å². The fourth-order valence-corrected chi connectivity index (χ4v) is 1.74. The summed E-state index contributed by atoms with van der Waals surface area (Å²) in [5.74, 6) is -0.243. The molecule has 0 amide bonds. The molecule has 1 N–H and O–H groups in total. The Balaban J connectivity index is 2.34. The molecule has 0 unspecified atom stereocenters. The van der Waals surface area contributed by atoms with Gasteiger partial charge in [0.2, 0.25) is 5.13 Å². The molecule has 0 bridgehead atoms. The summed E-state index contributed by atoms with van der Waals surface area (Å²) in [6.07, 6.45) is 0. The van der Waals surface area contributed by atoms with Crippen molar-refractivity contribution in [1.29, 1.82) is 0 Å². The van der Waals surface area contributed by atoms with E-state index in [1.807, 2.05) is 0 Å². The molecule has 0 aliphatic heterocycles. The maximum absolute atomic E-state index is 12.6. The maximum Gasteiger partial charge on any atom is 0.205 e. The molecule has 0 radical (unpaired) electrons. The predicted molar refractivity (Wildman–Crippen MR) is 54.8 cm³/mol. The summed E-state index contributed by atoms with van der Waals surface area (Å²) in [6.45, 7) is 0. The Morgan fingerprint density at radius 2 is 1.93 bits per heavy atom. The van der Waals surface area contributed by atoms with Crippen molar-refractivity contribution >= 4 is 16.5 Å². The summed E-state index contributed by atoms with van der Waals surface area (Å²) in [5.41, 5.74) is 0.880. The number of hydrogen-bond acceptors (Lipinski definition) is 4. The lowest BCUT2D eigenvalue weighted by atomic mass is 10.2. The van der Waals surface area contributed by atoms with Gasteiger partial charge in [-0.05, 0) is 24.3 Å². The fraction of sp³-hybridized carbons (Fsp3) is 0.111. The van der Waals surface area contributed by atoms with E-state index in [-0.39, 0.29) is 5.82 Å². The minimum Gasteiger partial charge on any atom is -0.363 e. The van der Waals surface area contributed by atoms with Crippen LogP contribution in [0.15, 0.2) is 24.3 Å². The van der Waals surface area contributed by atoms with Crippen LogP contribution >= 0.6 is 11.3 Å². The van der Waals surface area contributed by atoms with Gasteiger partial charge in [-0.2, -0.15) is 0 Å². The average molecular weight is 209 g/mol. The third kappa shape index (κ3) is 1.72. The largest absolute Gasteiger partial charge is 0.363 e. The molecule has 5 heteroatoms. The molecular formula is C9H8FN3S. The zero-order chi connectivity index (χ0) is 9.97. The van der Waals surface area contributed by atoms with Crippen LogP contribution in [-0.2, 0) is 0 Å². The molecule has 0 saturated carbocycles. The van der Waals surface area contributed by atoms with Gasteiger partial charge in [-0.25, -0.2) is 4.39 Å². The van der Waals surface area contributed by atoms with Gasteiger partial charge in [0.25, 0.3) is 0 Å². The highest BCUT2D eigenvalue weighted by atomic mass is 32.1. The van der Waals surface area contributed by atoms with Gasteiger partial charge in [0, 0.05) is 12.6 Å². The third-order valence-corrected chi connectivity index (χ3v) is 2.72. The highest BCUT2D eigenvalue weighted by Gasteiger charge is 2.04. The minimum atomic E-state index is -0.243. The highest BCUT2D eigenvalue weighted by molar-refractivity contribution is 7.18. The SMILES string of the molecule is CNc1nnc(-c2ccc(F)cc2)s1. The van der Waals surface area contributed by atoms with E-state index in [1.54, 1.807) is 19.2 Å². The van der Waals surface area contributed by atoms with Crippen molar-refractivity contribution < 1.29 is 4.39 Å². The number of halogens is 1. The molecule has 14 heavy (non-hydrogen) atoms. The van der Waals surface area contributed by atoms with E-state index in [9.17, 15) is 4.39 Å². The molecule has 0 saturated heterocycles. The zero-order valence-electron chi connectivity index (χ0n) is 7.49. The lowest BCUT2D eigenvalue weighted by Crippen LogP contribution is -1.84. The van der Waals surface area contributed by atoms with Crippen LogP contribution in [0.5, 0.6) is 0 Å². The Morgan fingerprint density at radius 1 is 1.21 bits per heavy atom. The van der Waals surface area contributed by atoms with Crippen LogP contribution in [0.3, 0.4) is 0 Å². The van der Waals surface area contributed by atoms with E-state index < -0.39 is 0 Å². The van der Waals surface area contributed by atoms with E-state index in [0.717, 1.165) is 15.7 Å². The van der Waals surface area contributed by atoms with Crippen molar-refractivity contribution in [3.8, 4) is 10.6 Å². The zero-order valence-corrected chi connectivity index (χ0v) is 8.31. The van der Waals surface area contributed by atoms with Crippen molar-refractivity contribution in [3.05, 3.63) is 30.1 Å². The van der Waals surface area contributed by atoms with Crippen molar-refractivity contribution in [2.24, 2.45) is 0 Å². The van der Waals surface area contributed by atoms with Gasteiger partial charge >= 0.3 is 0 Å². The van der Waals surface area contributed by atoms with Gasteiger partial charge in [0.15, 0.2) is 0 Å². The molecule has 3 nitrogen and oxygen atoms in total. The first-order chi connectivity index (χ1) is 6.79. The van der Waals surface area contributed by atoms with Crippen molar-refractivity contribution in [2.75, 3.05) is 12.4 Å². The number of rotatable bonds is 2. The van der Waals surface area contributed by atoms with E-state index >= 15 is 0 Å².